The normalized spacial score (nSPS) is 17.0. The van der Waals surface area contributed by atoms with E-state index in [1.54, 1.807) is 0 Å². The smallest absolute Gasteiger partial charge is 0.226 e. The van der Waals surface area contributed by atoms with Crippen molar-refractivity contribution in [2.24, 2.45) is 5.92 Å². The highest BCUT2D eigenvalue weighted by atomic mass is 35.5. The van der Waals surface area contributed by atoms with Crippen LogP contribution >= 0.6 is 23.8 Å². The third-order valence-corrected chi connectivity index (χ3v) is 7.85. The molecule has 0 bridgehead atoms. The van der Waals surface area contributed by atoms with Crippen LogP contribution in [0.4, 0.5) is 11.4 Å². The largest absolute Gasteiger partial charge is 0.351 e. The van der Waals surface area contributed by atoms with E-state index >= 15 is 0 Å². The summed E-state index contributed by atoms with van der Waals surface area (Å²) in [7, 11) is 0. The Balaban J connectivity index is 1.57. The summed E-state index contributed by atoms with van der Waals surface area (Å²) in [6.45, 7) is 8.79. The lowest BCUT2D eigenvalue weighted by Crippen LogP contribution is -2.29. The van der Waals surface area contributed by atoms with E-state index in [1.807, 2.05) is 62.5 Å². The van der Waals surface area contributed by atoms with Crippen molar-refractivity contribution in [1.29, 1.82) is 0 Å². The lowest BCUT2D eigenvalue weighted by atomic mass is 9.96. The fourth-order valence-electron chi connectivity index (χ4n) is 5.12. The first-order valence-electron chi connectivity index (χ1n) is 13.1. The number of aryl methyl sites for hydroxylation is 1. The van der Waals surface area contributed by atoms with Crippen LogP contribution in [0.2, 0.25) is 5.02 Å². The van der Waals surface area contributed by atoms with Gasteiger partial charge in [0.15, 0.2) is 5.11 Å². The second-order valence-corrected chi connectivity index (χ2v) is 11.0. The third kappa shape index (κ3) is 5.42. The number of nitrogens with one attached hydrogen (secondary N) is 2. The average Bonchev–Trinajstić information content (AvgIpc) is 3.41. The molecule has 5 rings (SSSR count). The van der Waals surface area contributed by atoms with Gasteiger partial charge in [-0.05, 0) is 73.6 Å². The van der Waals surface area contributed by atoms with Crippen LogP contribution in [0.15, 0.2) is 79.0 Å². The minimum atomic E-state index is -0.163. The van der Waals surface area contributed by atoms with Crippen molar-refractivity contribution in [2.45, 2.75) is 46.3 Å². The van der Waals surface area contributed by atoms with Crippen molar-refractivity contribution in [2.75, 3.05) is 10.2 Å². The Hall–Kier alpha value is -3.68. The fraction of sp³-hybridized carbons (Fsp3) is 0.258. The molecule has 6 nitrogen and oxygen atoms in total. The van der Waals surface area contributed by atoms with E-state index in [-0.39, 0.29) is 23.9 Å². The van der Waals surface area contributed by atoms with E-state index in [4.69, 9.17) is 23.8 Å². The predicted molar refractivity (Wildman–Crippen MR) is 162 cm³/mol. The minimum absolute atomic E-state index is 0.0815. The van der Waals surface area contributed by atoms with Crippen molar-refractivity contribution in [3.8, 4) is 0 Å². The Morgan fingerprint density at radius 3 is 2.49 bits per heavy atom. The van der Waals surface area contributed by atoms with Crippen LogP contribution in [0.3, 0.4) is 0 Å². The maximum Gasteiger partial charge on any atom is 0.226 e. The van der Waals surface area contributed by atoms with E-state index in [0.29, 0.717) is 15.8 Å². The van der Waals surface area contributed by atoms with E-state index in [1.165, 1.54) is 22.5 Å². The summed E-state index contributed by atoms with van der Waals surface area (Å²) >= 11 is 12.6. The number of carbonyl (C=O) groups is 1. The number of amides is 1. The van der Waals surface area contributed by atoms with Crippen molar-refractivity contribution in [1.82, 2.24) is 14.9 Å². The monoisotopic (exact) mass is 557 g/mol. The van der Waals surface area contributed by atoms with Crippen LogP contribution in [-0.4, -0.2) is 20.6 Å². The molecule has 1 amide bonds. The van der Waals surface area contributed by atoms with Crippen molar-refractivity contribution in [3.63, 3.8) is 0 Å². The quantitative estimate of drug-likeness (QED) is 0.240. The maximum absolute atomic E-state index is 12.3. The van der Waals surface area contributed by atoms with Crippen molar-refractivity contribution in [3.05, 3.63) is 112 Å². The zero-order valence-electron chi connectivity index (χ0n) is 22.5. The second-order valence-electron chi connectivity index (χ2n) is 10.2. The zero-order chi connectivity index (χ0) is 27.7. The number of benzene rings is 2. The molecular weight excluding hydrogens is 526 g/mol. The third-order valence-electron chi connectivity index (χ3n) is 7.23. The van der Waals surface area contributed by atoms with Crippen LogP contribution < -0.4 is 15.5 Å². The van der Waals surface area contributed by atoms with Gasteiger partial charge in [-0.2, -0.15) is 0 Å². The molecule has 200 valence electrons. The van der Waals surface area contributed by atoms with E-state index < -0.39 is 0 Å². The zero-order valence-corrected chi connectivity index (χ0v) is 24.1. The number of hydrogen-bond acceptors (Lipinski definition) is 3. The second kappa shape index (κ2) is 11.2. The van der Waals surface area contributed by atoms with Crippen LogP contribution in [0.5, 0.6) is 0 Å². The van der Waals surface area contributed by atoms with Crippen LogP contribution in [0.25, 0.3) is 0 Å². The highest BCUT2D eigenvalue weighted by Crippen LogP contribution is 2.44. The van der Waals surface area contributed by atoms with Gasteiger partial charge < -0.3 is 20.1 Å². The van der Waals surface area contributed by atoms with E-state index in [0.717, 1.165) is 17.9 Å². The topological polar surface area (TPSA) is 62.2 Å². The summed E-state index contributed by atoms with van der Waals surface area (Å²) < 4.78 is 2.34. The van der Waals surface area contributed by atoms with Crippen LogP contribution in [0, 0.1) is 19.8 Å². The molecule has 2 aromatic carbocycles. The molecule has 1 aliphatic heterocycles. The van der Waals surface area contributed by atoms with Gasteiger partial charge in [0.25, 0.3) is 0 Å². The van der Waals surface area contributed by atoms with Crippen molar-refractivity contribution >= 4 is 46.2 Å². The number of aromatic nitrogens is 2. The first kappa shape index (κ1) is 26.9. The molecule has 2 aromatic heterocycles. The van der Waals surface area contributed by atoms with Crippen LogP contribution in [0.1, 0.15) is 54.1 Å². The number of carbonyl (C=O) groups excluding carboxylic acids is 1. The van der Waals surface area contributed by atoms with Gasteiger partial charge in [0.1, 0.15) is 0 Å². The number of halogens is 1. The van der Waals surface area contributed by atoms with Gasteiger partial charge in [-0.3, -0.25) is 9.78 Å². The Morgan fingerprint density at radius 2 is 1.82 bits per heavy atom. The summed E-state index contributed by atoms with van der Waals surface area (Å²) in [4.78, 5) is 19.1. The number of anilines is 2. The van der Waals surface area contributed by atoms with Gasteiger partial charge in [-0.25, -0.2) is 0 Å². The number of nitrogens with zero attached hydrogens (tertiary/aromatic N) is 3. The molecule has 1 fully saturated rings. The van der Waals surface area contributed by atoms with Gasteiger partial charge in [0.05, 0.1) is 28.5 Å². The van der Waals surface area contributed by atoms with Gasteiger partial charge >= 0.3 is 0 Å². The molecular formula is C31H32ClN5OS. The molecule has 1 saturated heterocycles. The molecule has 0 spiro atoms. The molecule has 2 atom stereocenters. The Morgan fingerprint density at radius 1 is 1.08 bits per heavy atom. The predicted octanol–water partition coefficient (Wildman–Crippen LogP) is 6.97. The SMILES string of the molecule is Cc1cc([C@H]2[C@@H](c3ccccn3)NC(=S)N2c2ccc(NC(=O)C(C)C)c(Cl)c2)c(C)n1Cc1ccccc1. The first-order chi connectivity index (χ1) is 18.7. The van der Waals surface area contributed by atoms with Crippen LogP contribution in [-0.2, 0) is 11.3 Å². The fourth-order valence-corrected chi connectivity index (χ4v) is 5.69. The number of thiocarbonyl (C=S) groups is 1. The highest BCUT2D eigenvalue weighted by Gasteiger charge is 2.42. The summed E-state index contributed by atoms with van der Waals surface area (Å²) in [5.41, 5.74) is 7.09. The van der Waals surface area contributed by atoms with Gasteiger partial charge in [-0.15, -0.1) is 0 Å². The first-order valence-corrected chi connectivity index (χ1v) is 13.8. The highest BCUT2D eigenvalue weighted by molar-refractivity contribution is 7.80. The van der Waals surface area contributed by atoms with E-state index in [2.05, 4.69) is 69.3 Å². The Labute approximate surface area is 240 Å². The molecule has 1 aliphatic rings. The molecule has 4 aromatic rings. The molecule has 39 heavy (non-hydrogen) atoms. The standard InChI is InChI=1S/C31H32ClN5OS/c1-19(2)30(38)34-26-14-13-23(17-25(26)32)37-29(28(35-31(37)39)27-12-8-9-15-33-27)24-16-20(3)36(21(24)4)18-22-10-6-5-7-11-22/h5-17,19,28-29H,18H2,1-4H3,(H,34,38)(H,35,39)/t28-,29+/m1/s1. The molecule has 0 unspecified atom stereocenters. The lowest BCUT2D eigenvalue weighted by Gasteiger charge is -2.28. The summed E-state index contributed by atoms with van der Waals surface area (Å²) in [6, 6.07) is 24.0. The number of hydrogen-bond donors (Lipinski definition) is 2. The molecule has 2 N–H and O–H groups in total. The number of rotatable bonds is 7. The summed E-state index contributed by atoms with van der Waals surface area (Å²) in [5.74, 6) is -0.229. The Kier molecular flexibility index (Phi) is 7.73. The Bertz CT molecular complexity index is 1500. The average molecular weight is 558 g/mol. The van der Waals surface area contributed by atoms with Gasteiger partial charge in [0, 0.05) is 35.7 Å². The molecule has 0 radical (unpaired) electrons. The molecule has 3 heterocycles. The summed E-state index contributed by atoms with van der Waals surface area (Å²) in [5, 5.41) is 7.49. The van der Waals surface area contributed by atoms with Crippen molar-refractivity contribution < 1.29 is 4.79 Å². The van der Waals surface area contributed by atoms with Gasteiger partial charge in [0.2, 0.25) is 5.91 Å². The van der Waals surface area contributed by atoms with Gasteiger partial charge in [-0.1, -0.05) is 61.8 Å². The number of pyridine rings is 1. The molecule has 8 heteroatoms. The molecule has 0 aliphatic carbocycles. The summed E-state index contributed by atoms with van der Waals surface area (Å²) in [6.07, 6.45) is 1.81. The van der Waals surface area contributed by atoms with E-state index in [9.17, 15) is 4.79 Å². The molecule has 0 saturated carbocycles. The minimum Gasteiger partial charge on any atom is -0.351 e. The lowest BCUT2D eigenvalue weighted by molar-refractivity contribution is -0.118. The maximum atomic E-state index is 12.3.